The van der Waals surface area contributed by atoms with Gasteiger partial charge in [-0.15, -0.1) is 0 Å². The molecule has 46 valence electrons. The Labute approximate surface area is 60.2 Å². The zero-order valence-corrected chi connectivity index (χ0v) is 5.94. The van der Waals surface area contributed by atoms with E-state index in [0.717, 1.165) is 16.2 Å². The van der Waals surface area contributed by atoms with Gasteiger partial charge in [-0.2, -0.15) is 0 Å². The number of benzene rings is 1. The lowest BCUT2D eigenvalue weighted by Gasteiger charge is -1.96. The third-order valence-corrected chi connectivity index (χ3v) is 1.61. The van der Waals surface area contributed by atoms with Crippen LogP contribution in [0.4, 0.5) is 5.69 Å². The number of nitrogen functional groups attached to an aromatic ring is 1. The molecule has 0 heterocycles. The molecule has 0 saturated carbocycles. The Bertz CT molecular complexity index is 224. The van der Waals surface area contributed by atoms with Gasteiger partial charge in [0, 0.05) is 10.7 Å². The van der Waals surface area contributed by atoms with Gasteiger partial charge in [-0.1, -0.05) is 17.1 Å². The molecule has 0 aromatic heterocycles. The standard InChI is InChI=1S/C6H7BClN/c7-5-3-4(9)1-2-6(5)8/h1-3H,7,9H2. The number of hydrogen-bond donors (Lipinski definition) is 1. The van der Waals surface area contributed by atoms with Crippen molar-refractivity contribution in [3.05, 3.63) is 23.2 Å². The lowest BCUT2D eigenvalue weighted by Crippen LogP contribution is -2.04. The van der Waals surface area contributed by atoms with Crippen LogP contribution in [0.2, 0.25) is 5.02 Å². The highest BCUT2D eigenvalue weighted by molar-refractivity contribution is 6.45. The van der Waals surface area contributed by atoms with Crippen LogP contribution < -0.4 is 11.2 Å². The van der Waals surface area contributed by atoms with Crippen molar-refractivity contribution in [2.75, 3.05) is 5.73 Å². The molecule has 0 unspecified atom stereocenters. The van der Waals surface area contributed by atoms with Crippen molar-refractivity contribution in [2.45, 2.75) is 0 Å². The van der Waals surface area contributed by atoms with Gasteiger partial charge < -0.3 is 5.73 Å². The fourth-order valence-electron chi connectivity index (χ4n) is 0.668. The summed E-state index contributed by atoms with van der Waals surface area (Å²) in [5, 5.41) is 0.768. The first-order chi connectivity index (χ1) is 4.20. The van der Waals surface area contributed by atoms with E-state index >= 15 is 0 Å². The van der Waals surface area contributed by atoms with Gasteiger partial charge in [0.15, 0.2) is 0 Å². The lowest BCUT2D eigenvalue weighted by atomic mass is 9.96. The minimum atomic E-state index is 0.761. The molecule has 1 aromatic rings. The largest absolute Gasteiger partial charge is 0.399 e. The van der Waals surface area contributed by atoms with E-state index in [0.29, 0.717) is 0 Å². The van der Waals surface area contributed by atoms with Gasteiger partial charge in [0.1, 0.15) is 7.85 Å². The number of nitrogens with two attached hydrogens (primary N) is 1. The van der Waals surface area contributed by atoms with Crippen molar-refractivity contribution < 1.29 is 0 Å². The molecule has 1 nitrogen and oxygen atoms in total. The van der Waals surface area contributed by atoms with E-state index in [9.17, 15) is 0 Å². The van der Waals surface area contributed by atoms with Gasteiger partial charge in [-0.25, -0.2) is 0 Å². The second-order valence-corrected chi connectivity index (χ2v) is 2.42. The predicted molar refractivity (Wildman–Crippen MR) is 44.0 cm³/mol. The third-order valence-electron chi connectivity index (χ3n) is 1.18. The molecular weight excluding hydrogens is 132 g/mol. The van der Waals surface area contributed by atoms with Crippen molar-refractivity contribution in [1.82, 2.24) is 0 Å². The quantitative estimate of drug-likeness (QED) is 0.403. The van der Waals surface area contributed by atoms with Crippen molar-refractivity contribution >= 4 is 30.6 Å². The number of rotatable bonds is 0. The average molecular weight is 139 g/mol. The zero-order valence-electron chi connectivity index (χ0n) is 5.19. The first-order valence-corrected chi connectivity index (χ1v) is 3.09. The Morgan fingerprint density at radius 1 is 1.44 bits per heavy atom. The predicted octanol–water partition coefficient (Wildman–Crippen LogP) is 0.181. The Balaban J connectivity index is 3.17. The van der Waals surface area contributed by atoms with Crippen LogP contribution in [0, 0.1) is 0 Å². The smallest absolute Gasteiger partial charge is 0.141 e. The van der Waals surface area contributed by atoms with Crippen LogP contribution in [0.5, 0.6) is 0 Å². The molecule has 0 fully saturated rings. The van der Waals surface area contributed by atoms with E-state index < -0.39 is 0 Å². The highest BCUT2D eigenvalue weighted by Crippen LogP contribution is 2.06. The Kier molecular flexibility index (Phi) is 1.67. The molecule has 2 N–H and O–H groups in total. The van der Waals surface area contributed by atoms with Gasteiger partial charge in [-0.3, -0.25) is 0 Å². The summed E-state index contributed by atoms with van der Waals surface area (Å²) in [7, 11) is 1.93. The number of halogens is 1. The summed E-state index contributed by atoms with van der Waals surface area (Å²) in [5.41, 5.74) is 7.25. The average Bonchev–Trinajstić information content (AvgIpc) is 1.80. The second kappa shape index (κ2) is 2.32. The minimum Gasteiger partial charge on any atom is -0.399 e. The topological polar surface area (TPSA) is 26.0 Å². The Morgan fingerprint density at radius 3 is 2.56 bits per heavy atom. The maximum absolute atomic E-state index is 5.73. The fourth-order valence-corrected chi connectivity index (χ4v) is 0.785. The van der Waals surface area contributed by atoms with Crippen molar-refractivity contribution in [1.29, 1.82) is 0 Å². The summed E-state index contributed by atoms with van der Waals surface area (Å²) in [6.07, 6.45) is 0. The molecule has 0 spiro atoms. The Morgan fingerprint density at radius 2 is 2.11 bits per heavy atom. The van der Waals surface area contributed by atoms with E-state index in [1.807, 2.05) is 13.9 Å². The molecule has 1 rings (SSSR count). The maximum Gasteiger partial charge on any atom is 0.141 e. The second-order valence-electron chi connectivity index (χ2n) is 2.01. The molecule has 0 aliphatic rings. The molecule has 0 saturated heterocycles. The van der Waals surface area contributed by atoms with Crippen LogP contribution in [0.3, 0.4) is 0 Å². The van der Waals surface area contributed by atoms with Crippen LogP contribution in [0.1, 0.15) is 0 Å². The van der Waals surface area contributed by atoms with E-state index in [1.165, 1.54) is 0 Å². The third kappa shape index (κ3) is 1.39. The van der Waals surface area contributed by atoms with Crippen LogP contribution in [-0.2, 0) is 0 Å². The lowest BCUT2D eigenvalue weighted by molar-refractivity contribution is 1.73. The first-order valence-electron chi connectivity index (χ1n) is 2.72. The van der Waals surface area contributed by atoms with Gasteiger partial charge in [0.05, 0.1) is 0 Å². The van der Waals surface area contributed by atoms with Crippen molar-refractivity contribution in [3.8, 4) is 0 Å². The van der Waals surface area contributed by atoms with Crippen LogP contribution in [0.25, 0.3) is 0 Å². The molecule has 0 radical (unpaired) electrons. The van der Waals surface area contributed by atoms with Crippen LogP contribution in [-0.4, -0.2) is 7.85 Å². The van der Waals surface area contributed by atoms with E-state index in [1.54, 1.807) is 12.1 Å². The summed E-state index contributed by atoms with van der Waals surface area (Å²) in [5.74, 6) is 0. The number of anilines is 1. The van der Waals surface area contributed by atoms with Crippen molar-refractivity contribution in [2.24, 2.45) is 0 Å². The molecule has 9 heavy (non-hydrogen) atoms. The Hall–Kier alpha value is -0.625. The molecule has 0 atom stereocenters. The van der Waals surface area contributed by atoms with E-state index in [2.05, 4.69) is 0 Å². The van der Waals surface area contributed by atoms with Crippen LogP contribution >= 0.6 is 11.6 Å². The highest BCUT2D eigenvalue weighted by Gasteiger charge is 1.91. The zero-order chi connectivity index (χ0) is 6.85. The molecule has 0 aliphatic heterocycles. The monoisotopic (exact) mass is 139 g/mol. The summed E-state index contributed by atoms with van der Waals surface area (Å²) < 4.78 is 0. The van der Waals surface area contributed by atoms with E-state index in [-0.39, 0.29) is 0 Å². The summed E-state index contributed by atoms with van der Waals surface area (Å²) in [4.78, 5) is 0. The first kappa shape index (κ1) is 6.49. The summed E-state index contributed by atoms with van der Waals surface area (Å²) >= 11 is 5.73. The minimum absolute atomic E-state index is 0.761. The van der Waals surface area contributed by atoms with Gasteiger partial charge in [-0.05, 0) is 18.2 Å². The maximum atomic E-state index is 5.73. The molecule has 0 bridgehead atoms. The summed E-state index contributed by atoms with van der Waals surface area (Å²) in [6.45, 7) is 0. The van der Waals surface area contributed by atoms with Gasteiger partial charge in [0.2, 0.25) is 0 Å². The highest BCUT2D eigenvalue weighted by atomic mass is 35.5. The molecule has 1 aromatic carbocycles. The van der Waals surface area contributed by atoms with E-state index in [4.69, 9.17) is 17.3 Å². The van der Waals surface area contributed by atoms with Gasteiger partial charge >= 0.3 is 0 Å². The molecular formula is C6H7BClN. The SMILES string of the molecule is Bc1cc(N)ccc1Cl. The van der Waals surface area contributed by atoms with Crippen LogP contribution in [0.15, 0.2) is 18.2 Å². The summed E-state index contributed by atoms with van der Waals surface area (Å²) in [6, 6.07) is 5.43. The molecule has 0 amide bonds. The van der Waals surface area contributed by atoms with Gasteiger partial charge in [0.25, 0.3) is 0 Å². The van der Waals surface area contributed by atoms with Crippen molar-refractivity contribution in [3.63, 3.8) is 0 Å². The molecule has 3 heteroatoms. The fraction of sp³-hybridized carbons (Fsp3) is 0. The number of hydrogen-bond acceptors (Lipinski definition) is 1. The normalized spacial score (nSPS) is 9.44. The molecule has 0 aliphatic carbocycles.